The average molecular weight is 289 g/mol. The van der Waals surface area contributed by atoms with Gasteiger partial charge in [-0.05, 0) is 13.0 Å². The van der Waals surface area contributed by atoms with Crippen LogP contribution >= 0.6 is 0 Å². The molecule has 0 aromatic heterocycles. The Hall–Kier alpha value is -1.78. The van der Waals surface area contributed by atoms with Crippen molar-refractivity contribution in [1.82, 2.24) is 4.90 Å². The molecule has 0 bridgehead atoms. The van der Waals surface area contributed by atoms with Crippen LogP contribution in [-0.4, -0.2) is 42.4 Å². The lowest BCUT2D eigenvalue weighted by Crippen LogP contribution is -2.46. The molecule has 1 N–H and O–H groups in total. The zero-order valence-corrected chi connectivity index (χ0v) is 12.5. The highest BCUT2D eigenvalue weighted by molar-refractivity contribution is 5.49. The van der Waals surface area contributed by atoms with Crippen molar-refractivity contribution >= 4 is 0 Å². The number of nitrogens with zero attached hydrogens (tertiary/aromatic N) is 1. The van der Waals surface area contributed by atoms with Crippen molar-refractivity contribution < 1.29 is 14.6 Å². The van der Waals surface area contributed by atoms with Crippen molar-refractivity contribution in [3.8, 4) is 11.5 Å². The molecule has 0 saturated carbocycles. The first-order valence-electron chi connectivity index (χ1n) is 7.25. The highest BCUT2D eigenvalue weighted by atomic mass is 16.5. The Morgan fingerprint density at radius 2 is 2.10 bits per heavy atom. The number of hydrogen-bond acceptors (Lipinski definition) is 4. The maximum Gasteiger partial charge on any atom is 0.167 e. The van der Waals surface area contributed by atoms with Crippen molar-refractivity contribution in [3.63, 3.8) is 0 Å². The predicted octanol–water partition coefficient (Wildman–Crippen LogP) is 2.55. The zero-order chi connectivity index (χ0) is 15.2. The van der Waals surface area contributed by atoms with Crippen molar-refractivity contribution in [2.75, 3.05) is 26.3 Å². The smallest absolute Gasteiger partial charge is 0.167 e. The molecular weight excluding hydrogens is 266 g/mol. The van der Waals surface area contributed by atoms with Crippen LogP contribution in [0, 0.1) is 0 Å². The van der Waals surface area contributed by atoms with Gasteiger partial charge in [-0.15, -0.1) is 13.2 Å². The Balaban J connectivity index is 2.27. The van der Waals surface area contributed by atoms with Crippen LogP contribution in [0.4, 0.5) is 0 Å². The maximum atomic E-state index is 10.7. The minimum absolute atomic E-state index is 0.120. The summed E-state index contributed by atoms with van der Waals surface area (Å²) in [6.07, 6.45) is 3.03. The molecule has 0 fully saturated rings. The summed E-state index contributed by atoms with van der Waals surface area (Å²) < 4.78 is 11.4. The number of benzene rings is 1. The number of rotatable bonds is 7. The molecule has 0 radical (unpaired) electrons. The van der Waals surface area contributed by atoms with Gasteiger partial charge in [0.1, 0.15) is 12.7 Å². The minimum Gasteiger partial charge on any atom is -0.490 e. The molecule has 0 amide bonds. The molecule has 2 rings (SSSR count). The lowest BCUT2D eigenvalue weighted by molar-refractivity contribution is 0.0121. The highest BCUT2D eigenvalue weighted by Crippen LogP contribution is 2.40. The van der Waals surface area contributed by atoms with Crippen molar-refractivity contribution in [3.05, 3.63) is 49.1 Å². The van der Waals surface area contributed by atoms with E-state index in [0.29, 0.717) is 37.8 Å². The molecule has 21 heavy (non-hydrogen) atoms. The van der Waals surface area contributed by atoms with E-state index in [-0.39, 0.29) is 6.04 Å². The molecule has 4 heteroatoms. The largest absolute Gasteiger partial charge is 0.490 e. The van der Waals surface area contributed by atoms with Crippen LogP contribution in [0.15, 0.2) is 43.5 Å². The summed E-state index contributed by atoms with van der Waals surface area (Å²) in [5.41, 5.74) is 0.773. The van der Waals surface area contributed by atoms with E-state index < -0.39 is 6.10 Å². The third kappa shape index (κ3) is 3.28. The van der Waals surface area contributed by atoms with Gasteiger partial charge in [0, 0.05) is 18.7 Å². The molecule has 4 nitrogen and oxygen atoms in total. The fraction of sp³-hybridized carbons (Fsp3) is 0.412. The van der Waals surface area contributed by atoms with Gasteiger partial charge in [-0.3, -0.25) is 4.90 Å². The minimum atomic E-state index is -0.617. The molecule has 114 valence electrons. The Kier molecular flexibility index (Phi) is 5.42. The highest BCUT2D eigenvalue weighted by Gasteiger charge is 2.34. The Morgan fingerprint density at radius 3 is 2.71 bits per heavy atom. The molecule has 1 aliphatic rings. The lowest BCUT2D eigenvalue weighted by atomic mass is 9.97. The normalized spacial score (nSPS) is 20.5. The van der Waals surface area contributed by atoms with E-state index in [1.54, 1.807) is 0 Å². The summed E-state index contributed by atoms with van der Waals surface area (Å²) in [4.78, 5) is 2.10. The lowest BCUT2D eigenvalue weighted by Gasteiger charge is -2.37. The molecule has 1 aliphatic heterocycles. The average Bonchev–Trinajstić information content (AvgIpc) is 2.49. The van der Waals surface area contributed by atoms with Crippen molar-refractivity contribution in [2.45, 2.75) is 19.1 Å². The summed E-state index contributed by atoms with van der Waals surface area (Å²) in [6.45, 7) is 11.8. The third-order valence-electron chi connectivity index (χ3n) is 3.59. The number of fused-ring (bicyclic) bond motifs is 1. The van der Waals surface area contributed by atoms with Gasteiger partial charge in [-0.25, -0.2) is 0 Å². The standard InChI is InChI=1S/C17H23NO3/c1-4-10-18(11-5-2)14-12-21-17-13(16(14)19)8-7-9-15(17)20-6-3/h4-5,7-9,14,16,19H,1-2,6,10-12H2,3H3. The van der Waals surface area contributed by atoms with Crippen LogP contribution in [0.2, 0.25) is 0 Å². The first-order chi connectivity index (χ1) is 10.2. The van der Waals surface area contributed by atoms with Gasteiger partial charge in [0.05, 0.1) is 12.6 Å². The monoisotopic (exact) mass is 289 g/mol. The Bertz CT molecular complexity index is 491. The molecule has 1 heterocycles. The van der Waals surface area contributed by atoms with Gasteiger partial charge < -0.3 is 14.6 Å². The van der Waals surface area contributed by atoms with Crippen LogP contribution in [0.25, 0.3) is 0 Å². The summed E-state index contributed by atoms with van der Waals surface area (Å²) in [7, 11) is 0. The summed E-state index contributed by atoms with van der Waals surface area (Å²) in [5, 5.41) is 10.7. The molecule has 2 unspecified atom stereocenters. The van der Waals surface area contributed by atoms with E-state index in [2.05, 4.69) is 18.1 Å². The van der Waals surface area contributed by atoms with Crippen LogP contribution < -0.4 is 9.47 Å². The summed E-state index contributed by atoms with van der Waals surface area (Å²) in [5.74, 6) is 1.34. The fourth-order valence-corrected chi connectivity index (χ4v) is 2.64. The van der Waals surface area contributed by atoms with Crippen LogP contribution in [-0.2, 0) is 0 Å². The molecule has 0 spiro atoms. The van der Waals surface area contributed by atoms with Crippen molar-refractivity contribution in [2.24, 2.45) is 0 Å². The number of aliphatic hydroxyl groups excluding tert-OH is 1. The van der Waals surface area contributed by atoms with Gasteiger partial charge >= 0.3 is 0 Å². The second-order valence-corrected chi connectivity index (χ2v) is 4.96. The van der Waals surface area contributed by atoms with Gasteiger partial charge in [0.25, 0.3) is 0 Å². The molecule has 0 saturated heterocycles. The fourth-order valence-electron chi connectivity index (χ4n) is 2.64. The second-order valence-electron chi connectivity index (χ2n) is 4.96. The van der Waals surface area contributed by atoms with Crippen LogP contribution in [0.5, 0.6) is 11.5 Å². The van der Waals surface area contributed by atoms with Crippen LogP contribution in [0.3, 0.4) is 0 Å². The molecule has 1 aromatic rings. The molecule has 2 atom stereocenters. The van der Waals surface area contributed by atoms with E-state index in [1.807, 2.05) is 37.3 Å². The van der Waals surface area contributed by atoms with E-state index >= 15 is 0 Å². The van der Waals surface area contributed by atoms with E-state index in [0.717, 1.165) is 5.56 Å². The number of aliphatic hydroxyl groups is 1. The van der Waals surface area contributed by atoms with Gasteiger partial charge in [0.2, 0.25) is 0 Å². The third-order valence-corrected chi connectivity index (χ3v) is 3.59. The molecule has 0 aliphatic carbocycles. The molecular formula is C17H23NO3. The molecule has 1 aromatic carbocycles. The van der Waals surface area contributed by atoms with Gasteiger partial charge in [-0.2, -0.15) is 0 Å². The first-order valence-corrected chi connectivity index (χ1v) is 7.25. The van der Waals surface area contributed by atoms with Crippen molar-refractivity contribution in [1.29, 1.82) is 0 Å². The summed E-state index contributed by atoms with van der Waals surface area (Å²) >= 11 is 0. The second kappa shape index (κ2) is 7.29. The number of ether oxygens (including phenoxy) is 2. The van der Waals surface area contributed by atoms with E-state index in [4.69, 9.17) is 9.47 Å². The topological polar surface area (TPSA) is 41.9 Å². The van der Waals surface area contributed by atoms with Gasteiger partial charge in [-0.1, -0.05) is 24.3 Å². The van der Waals surface area contributed by atoms with E-state index in [1.165, 1.54) is 0 Å². The maximum absolute atomic E-state index is 10.7. The zero-order valence-electron chi connectivity index (χ0n) is 12.5. The van der Waals surface area contributed by atoms with Crippen LogP contribution in [0.1, 0.15) is 18.6 Å². The Labute approximate surface area is 126 Å². The SMILES string of the molecule is C=CCN(CC=C)C1COc2c(OCC)cccc2C1O. The Morgan fingerprint density at radius 1 is 1.38 bits per heavy atom. The summed E-state index contributed by atoms with van der Waals surface area (Å²) in [6, 6.07) is 5.50. The van der Waals surface area contributed by atoms with E-state index in [9.17, 15) is 5.11 Å². The first kappa shape index (κ1) is 15.6. The predicted molar refractivity (Wildman–Crippen MR) is 83.8 cm³/mol. The quantitative estimate of drug-likeness (QED) is 0.783. The number of hydrogen-bond donors (Lipinski definition) is 1. The van der Waals surface area contributed by atoms with Gasteiger partial charge in [0.15, 0.2) is 11.5 Å². The number of para-hydroxylation sites is 1.